The molecule has 0 saturated heterocycles. The van der Waals surface area contributed by atoms with Gasteiger partial charge in [-0.15, -0.1) is 0 Å². The highest BCUT2D eigenvalue weighted by molar-refractivity contribution is 6.12. The van der Waals surface area contributed by atoms with Gasteiger partial charge in [-0.1, -0.05) is 40.5 Å². The van der Waals surface area contributed by atoms with Gasteiger partial charge in [0, 0.05) is 16.2 Å². The van der Waals surface area contributed by atoms with E-state index in [9.17, 15) is 4.79 Å². The van der Waals surface area contributed by atoms with Crippen LogP contribution in [0.25, 0.3) is 0 Å². The molecule has 1 fully saturated rings. The van der Waals surface area contributed by atoms with Gasteiger partial charge in [0.25, 0.3) is 0 Å². The Morgan fingerprint density at radius 3 is 2.56 bits per heavy atom. The SMILES string of the molecule is CCCC1(OC(N)=O)C([SiH3])CCC(C)C1C(C)C. The van der Waals surface area contributed by atoms with Crippen LogP contribution in [0.3, 0.4) is 0 Å². The quantitative estimate of drug-likeness (QED) is 0.799. The first-order valence-corrected chi connectivity index (χ1v) is 8.49. The molecule has 18 heavy (non-hydrogen) atoms. The van der Waals surface area contributed by atoms with Gasteiger partial charge in [-0.3, -0.25) is 0 Å². The molecule has 1 amide bonds. The first-order valence-electron chi connectivity index (χ1n) is 7.33. The lowest BCUT2D eigenvalue weighted by Crippen LogP contribution is -2.54. The van der Waals surface area contributed by atoms with E-state index < -0.39 is 6.09 Å². The minimum absolute atomic E-state index is 0.293. The van der Waals surface area contributed by atoms with Gasteiger partial charge in [0.15, 0.2) is 0 Å². The van der Waals surface area contributed by atoms with Crippen molar-refractivity contribution in [3.8, 4) is 0 Å². The average Bonchev–Trinajstić information content (AvgIpc) is 2.23. The van der Waals surface area contributed by atoms with E-state index in [1.165, 1.54) is 12.8 Å². The van der Waals surface area contributed by atoms with Crippen molar-refractivity contribution in [3.63, 3.8) is 0 Å². The van der Waals surface area contributed by atoms with Gasteiger partial charge in [0.1, 0.15) is 5.60 Å². The van der Waals surface area contributed by atoms with Gasteiger partial charge in [0.05, 0.1) is 0 Å². The fourth-order valence-corrected chi connectivity index (χ4v) is 5.30. The minimum Gasteiger partial charge on any atom is -0.443 e. The zero-order valence-corrected chi connectivity index (χ0v) is 14.5. The largest absolute Gasteiger partial charge is 0.443 e. The van der Waals surface area contributed by atoms with Gasteiger partial charge in [-0.25, -0.2) is 4.79 Å². The molecule has 4 atom stereocenters. The predicted octanol–water partition coefficient (Wildman–Crippen LogP) is 2.48. The standard InChI is InChI=1S/C14H29NO2Si/c1-5-8-14(17-13(15)16)11(18)7-6-10(4)12(14)9(2)3/h9-12H,5-8H2,1-4,18H3,(H2,15,16). The lowest BCUT2D eigenvalue weighted by atomic mass is 9.63. The molecule has 0 spiro atoms. The molecule has 4 unspecified atom stereocenters. The zero-order chi connectivity index (χ0) is 13.9. The summed E-state index contributed by atoms with van der Waals surface area (Å²) in [7, 11) is 1.07. The Hall–Kier alpha value is -0.513. The van der Waals surface area contributed by atoms with E-state index in [1.807, 2.05) is 0 Å². The Morgan fingerprint density at radius 1 is 1.50 bits per heavy atom. The molecule has 0 heterocycles. The molecule has 106 valence electrons. The number of rotatable bonds is 4. The van der Waals surface area contributed by atoms with E-state index in [2.05, 4.69) is 27.7 Å². The van der Waals surface area contributed by atoms with Gasteiger partial charge in [-0.2, -0.15) is 0 Å². The third-order valence-electron chi connectivity index (χ3n) is 4.72. The van der Waals surface area contributed by atoms with Crippen molar-refractivity contribution in [1.29, 1.82) is 0 Å². The molecule has 2 N–H and O–H groups in total. The summed E-state index contributed by atoms with van der Waals surface area (Å²) in [4.78, 5) is 11.4. The fourth-order valence-electron chi connectivity index (χ4n) is 4.18. The van der Waals surface area contributed by atoms with E-state index in [4.69, 9.17) is 10.5 Å². The summed E-state index contributed by atoms with van der Waals surface area (Å²) in [5.41, 5.74) is 5.61. The highest BCUT2D eigenvalue weighted by Gasteiger charge is 2.51. The summed E-state index contributed by atoms with van der Waals surface area (Å²) in [5.74, 6) is 1.59. The Labute approximate surface area is 114 Å². The monoisotopic (exact) mass is 271 g/mol. The average molecular weight is 271 g/mol. The number of hydrogen-bond donors (Lipinski definition) is 1. The summed E-state index contributed by atoms with van der Waals surface area (Å²) in [6, 6.07) is 0. The minimum atomic E-state index is -0.593. The Morgan fingerprint density at radius 2 is 2.11 bits per heavy atom. The van der Waals surface area contributed by atoms with Crippen molar-refractivity contribution in [3.05, 3.63) is 0 Å². The molecule has 1 aliphatic carbocycles. The molecule has 1 rings (SSSR count). The van der Waals surface area contributed by atoms with E-state index in [-0.39, 0.29) is 5.60 Å². The van der Waals surface area contributed by atoms with Crippen LogP contribution in [-0.4, -0.2) is 21.9 Å². The Balaban J connectivity index is 3.14. The molecule has 3 nitrogen and oxygen atoms in total. The molecule has 1 aliphatic rings. The normalized spacial score (nSPS) is 36.8. The van der Waals surface area contributed by atoms with E-state index in [0.29, 0.717) is 23.3 Å². The fraction of sp³-hybridized carbons (Fsp3) is 0.929. The number of ether oxygens (including phenoxy) is 1. The number of nitrogens with two attached hydrogens (primary N) is 1. The van der Waals surface area contributed by atoms with Gasteiger partial charge in [-0.05, 0) is 30.2 Å². The summed E-state index contributed by atoms with van der Waals surface area (Å²) in [6.07, 6.45) is 3.84. The van der Waals surface area contributed by atoms with E-state index in [0.717, 1.165) is 23.1 Å². The molecule has 1 saturated carbocycles. The second kappa shape index (κ2) is 6.09. The van der Waals surface area contributed by atoms with Crippen LogP contribution < -0.4 is 5.73 Å². The number of carbonyl (C=O) groups excluding carboxylic acids is 1. The number of carbonyl (C=O) groups is 1. The lowest BCUT2D eigenvalue weighted by Gasteiger charge is -2.52. The number of amides is 1. The molecule has 0 aromatic heterocycles. The van der Waals surface area contributed by atoms with Crippen molar-refractivity contribution < 1.29 is 9.53 Å². The maximum Gasteiger partial charge on any atom is 0.405 e. The highest BCUT2D eigenvalue weighted by atomic mass is 28.1. The molecular formula is C14H29NO2Si. The number of hydrogen-bond acceptors (Lipinski definition) is 2. The van der Waals surface area contributed by atoms with Crippen LogP contribution in [0.15, 0.2) is 0 Å². The molecular weight excluding hydrogens is 242 g/mol. The van der Waals surface area contributed by atoms with Gasteiger partial charge in [0.2, 0.25) is 0 Å². The van der Waals surface area contributed by atoms with Crippen molar-refractivity contribution in [1.82, 2.24) is 0 Å². The van der Waals surface area contributed by atoms with Crippen LogP contribution in [0.4, 0.5) is 4.79 Å². The molecule has 0 bridgehead atoms. The van der Waals surface area contributed by atoms with Crippen LogP contribution in [0, 0.1) is 17.8 Å². The van der Waals surface area contributed by atoms with Gasteiger partial charge < -0.3 is 10.5 Å². The third kappa shape index (κ3) is 2.90. The molecule has 0 aliphatic heterocycles. The Bertz CT molecular complexity index is 296. The summed E-state index contributed by atoms with van der Waals surface area (Å²) in [5, 5.41) is 0. The smallest absolute Gasteiger partial charge is 0.405 e. The lowest BCUT2D eigenvalue weighted by molar-refractivity contribution is -0.0968. The highest BCUT2D eigenvalue weighted by Crippen LogP contribution is 2.51. The van der Waals surface area contributed by atoms with E-state index >= 15 is 0 Å². The van der Waals surface area contributed by atoms with Crippen LogP contribution in [0.2, 0.25) is 5.54 Å². The molecule has 0 radical (unpaired) electrons. The molecule has 0 aromatic rings. The first-order chi connectivity index (χ1) is 8.35. The Kier molecular flexibility index (Phi) is 5.26. The van der Waals surface area contributed by atoms with Crippen molar-refractivity contribution in [2.75, 3.05) is 0 Å². The third-order valence-corrected chi connectivity index (χ3v) is 6.27. The second-order valence-corrected chi connectivity index (χ2v) is 7.75. The number of primary amides is 1. The first kappa shape index (κ1) is 15.5. The summed E-state index contributed by atoms with van der Waals surface area (Å²) in [6.45, 7) is 8.95. The topological polar surface area (TPSA) is 52.3 Å². The zero-order valence-electron chi connectivity index (χ0n) is 12.5. The van der Waals surface area contributed by atoms with Crippen molar-refractivity contribution >= 4 is 16.3 Å². The predicted molar refractivity (Wildman–Crippen MR) is 78.7 cm³/mol. The van der Waals surface area contributed by atoms with Gasteiger partial charge >= 0.3 is 6.09 Å². The molecule has 4 heteroatoms. The summed E-state index contributed by atoms with van der Waals surface area (Å²) >= 11 is 0. The van der Waals surface area contributed by atoms with Crippen LogP contribution in [0.1, 0.15) is 53.4 Å². The summed E-state index contributed by atoms with van der Waals surface area (Å²) < 4.78 is 5.75. The van der Waals surface area contributed by atoms with Crippen molar-refractivity contribution in [2.45, 2.75) is 64.5 Å². The van der Waals surface area contributed by atoms with Crippen LogP contribution in [-0.2, 0) is 4.74 Å². The molecule has 0 aromatic carbocycles. The maximum absolute atomic E-state index is 11.4. The maximum atomic E-state index is 11.4. The van der Waals surface area contributed by atoms with Crippen molar-refractivity contribution in [2.24, 2.45) is 23.5 Å². The second-order valence-electron chi connectivity index (χ2n) is 6.35. The van der Waals surface area contributed by atoms with Crippen LogP contribution >= 0.6 is 0 Å². The van der Waals surface area contributed by atoms with Crippen LogP contribution in [0.5, 0.6) is 0 Å². The van der Waals surface area contributed by atoms with E-state index in [1.54, 1.807) is 0 Å².